The van der Waals surface area contributed by atoms with Crippen LogP contribution in [0.5, 0.6) is 0 Å². The molecule has 0 bridgehead atoms. The summed E-state index contributed by atoms with van der Waals surface area (Å²) < 4.78 is 28.7. The number of benzene rings is 1. The van der Waals surface area contributed by atoms with Gasteiger partial charge in [0.2, 0.25) is 0 Å². The number of H-pyrrole nitrogens is 1. The molecule has 0 saturated heterocycles. The van der Waals surface area contributed by atoms with Crippen molar-refractivity contribution in [2.45, 2.75) is 78.3 Å². The highest BCUT2D eigenvalue weighted by Gasteiger charge is 2.39. The molecule has 1 aromatic carbocycles. The van der Waals surface area contributed by atoms with Gasteiger partial charge in [-0.15, -0.1) is 5.54 Å². The summed E-state index contributed by atoms with van der Waals surface area (Å²) in [6.07, 6.45) is 2.94. The summed E-state index contributed by atoms with van der Waals surface area (Å²) in [6, 6.07) is 2.02. The quantitative estimate of drug-likeness (QED) is 0.340. The number of carbonyl (C=O) groups excluding carboxylic acids is 1. The lowest BCUT2D eigenvalue weighted by Crippen LogP contribution is -2.54. The van der Waals surface area contributed by atoms with E-state index in [0.29, 0.717) is 29.7 Å². The molecule has 1 aliphatic heterocycles. The van der Waals surface area contributed by atoms with Crippen LogP contribution in [0.1, 0.15) is 57.3 Å². The van der Waals surface area contributed by atoms with Gasteiger partial charge in [0.25, 0.3) is 5.91 Å². The first kappa shape index (κ1) is 24.5. The van der Waals surface area contributed by atoms with E-state index >= 15 is 0 Å². The van der Waals surface area contributed by atoms with Gasteiger partial charge in [-0.05, 0) is 42.9 Å². The fourth-order valence-electron chi connectivity index (χ4n) is 4.33. The predicted molar refractivity (Wildman–Crippen MR) is 129 cm³/mol. The summed E-state index contributed by atoms with van der Waals surface area (Å²) in [5, 5.41) is 4.09. The molecular formula is C25H35F2N3OSi. The molecule has 2 N–H and O–H groups in total. The Morgan fingerprint density at radius 3 is 2.66 bits per heavy atom. The van der Waals surface area contributed by atoms with Gasteiger partial charge < -0.3 is 9.88 Å². The molecule has 1 aromatic heterocycles. The molecule has 0 fully saturated rings. The van der Waals surface area contributed by atoms with Crippen molar-refractivity contribution in [2.75, 3.05) is 6.54 Å². The van der Waals surface area contributed by atoms with E-state index in [-0.39, 0.29) is 18.1 Å². The fraction of sp³-hybridized carbons (Fsp3) is 0.560. The minimum absolute atomic E-state index is 0.206. The van der Waals surface area contributed by atoms with Crippen molar-refractivity contribution in [2.24, 2.45) is 5.92 Å². The average Bonchev–Trinajstić information content (AvgIpc) is 3.04. The number of aromatic nitrogens is 1. The third kappa shape index (κ3) is 5.41. The second-order valence-electron chi connectivity index (χ2n) is 10.2. The van der Waals surface area contributed by atoms with Crippen LogP contribution in [-0.4, -0.2) is 36.6 Å². The Hall–Kier alpha value is -2.17. The normalized spacial score (nSPS) is 18.6. The van der Waals surface area contributed by atoms with Crippen LogP contribution in [0.3, 0.4) is 0 Å². The zero-order valence-corrected chi connectivity index (χ0v) is 21.0. The number of hydrogen-bond acceptors (Lipinski definition) is 2. The SMILES string of the molecule is CCCCN[C@H]1Cc2c([nH]c3c(F)cc(F)cc23)[C@H](CC(C)C)N1C(=O)C#C[Si](C)(C)C. The number of nitrogens with one attached hydrogen (secondary N) is 2. The van der Waals surface area contributed by atoms with E-state index in [9.17, 15) is 13.6 Å². The van der Waals surface area contributed by atoms with E-state index in [4.69, 9.17) is 0 Å². The minimum Gasteiger partial charge on any atom is -0.354 e. The number of carbonyl (C=O) groups is 1. The van der Waals surface area contributed by atoms with Crippen molar-refractivity contribution < 1.29 is 13.6 Å². The maximum Gasteiger partial charge on any atom is 0.299 e. The molecule has 174 valence electrons. The highest BCUT2D eigenvalue weighted by Crippen LogP contribution is 2.40. The maximum absolute atomic E-state index is 14.6. The monoisotopic (exact) mass is 459 g/mol. The largest absolute Gasteiger partial charge is 0.354 e. The molecule has 3 rings (SSSR count). The third-order valence-electron chi connectivity index (χ3n) is 5.75. The van der Waals surface area contributed by atoms with Crippen LogP contribution in [0.25, 0.3) is 10.9 Å². The van der Waals surface area contributed by atoms with Gasteiger partial charge in [0, 0.05) is 23.6 Å². The molecule has 2 heterocycles. The number of unbranched alkanes of at least 4 members (excludes halogenated alkanes) is 1. The van der Waals surface area contributed by atoms with Crippen LogP contribution < -0.4 is 5.32 Å². The standard InChI is InChI=1S/C25H35F2N3OSi/c1-7-8-10-28-22-15-19-18-13-17(26)14-20(27)24(18)29-25(19)21(12-16(2)3)30(22)23(31)9-11-32(4,5)6/h13-14,16,21-22,28-29H,7-8,10,12,15H2,1-6H3/t21-,22+/m0/s1. The molecular weight excluding hydrogens is 424 g/mol. The van der Waals surface area contributed by atoms with Gasteiger partial charge >= 0.3 is 0 Å². The lowest BCUT2D eigenvalue weighted by Gasteiger charge is -2.42. The van der Waals surface area contributed by atoms with Gasteiger partial charge in [-0.2, -0.15) is 0 Å². The Bertz CT molecular complexity index is 1050. The Labute approximate surface area is 191 Å². The minimum atomic E-state index is -1.73. The van der Waals surface area contributed by atoms with Gasteiger partial charge in [0.05, 0.1) is 17.7 Å². The molecule has 0 saturated carbocycles. The van der Waals surface area contributed by atoms with Gasteiger partial charge in [-0.25, -0.2) is 8.78 Å². The maximum atomic E-state index is 14.6. The molecule has 4 nitrogen and oxygen atoms in total. The van der Waals surface area contributed by atoms with E-state index in [1.54, 1.807) is 0 Å². The molecule has 1 aliphatic rings. The number of nitrogens with zero attached hydrogens (tertiary/aromatic N) is 1. The molecule has 32 heavy (non-hydrogen) atoms. The zero-order chi connectivity index (χ0) is 23.6. The van der Waals surface area contributed by atoms with Crippen LogP contribution in [-0.2, 0) is 11.2 Å². The number of rotatable bonds is 6. The van der Waals surface area contributed by atoms with Gasteiger partial charge in [0.1, 0.15) is 19.7 Å². The van der Waals surface area contributed by atoms with Gasteiger partial charge in [0.15, 0.2) is 0 Å². The summed E-state index contributed by atoms with van der Waals surface area (Å²) in [4.78, 5) is 18.5. The van der Waals surface area contributed by atoms with E-state index in [2.05, 4.69) is 62.2 Å². The van der Waals surface area contributed by atoms with E-state index < -0.39 is 19.7 Å². The van der Waals surface area contributed by atoms with Crippen molar-refractivity contribution in [3.05, 3.63) is 35.0 Å². The summed E-state index contributed by atoms with van der Waals surface area (Å²) in [7, 11) is -1.73. The van der Waals surface area contributed by atoms with Crippen LogP contribution >= 0.6 is 0 Å². The summed E-state index contributed by atoms with van der Waals surface area (Å²) in [6.45, 7) is 13.4. The average molecular weight is 460 g/mol. The molecule has 0 aliphatic carbocycles. The summed E-state index contributed by atoms with van der Waals surface area (Å²) in [5.41, 5.74) is 5.19. The molecule has 1 amide bonds. The highest BCUT2D eigenvalue weighted by atomic mass is 28.3. The Kier molecular flexibility index (Phi) is 7.46. The molecule has 0 spiro atoms. The van der Waals surface area contributed by atoms with E-state index in [1.807, 2.05) is 4.90 Å². The Balaban J connectivity index is 2.14. The smallest absolute Gasteiger partial charge is 0.299 e. The van der Waals surface area contributed by atoms with Crippen molar-refractivity contribution in [3.8, 4) is 11.5 Å². The first-order valence-electron chi connectivity index (χ1n) is 11.6. The summed E-state index contributed by atoms with van der Waals surface area (Å²) in [5.74, 6) is 1.81. The Morgan fingerprint density at radius 1 is 1.31 bits per heavy atom. The van der Waals surface area contributed by atoms with Crippen LogP contribution in [0.15, 0.2) is 12.1 Å². The van der Waals surface area contributed by atoms with Gasteiger partial charge in [-0.3, -0.25) is 10.1 Å². The summed E-state index contributed by atoms with van der Waals surface area (Å²) >= 11 is 0. The van der Waals surface area contributed by atoms with Crippen LogP contribution in [0, 0.1) is 29.0 Å². The van der Waals surface area contributed by atoms with Crippen molar-refractivity contribution in [3.63, 3.8) is 0 Å². The number of fused-ring (bicyclic) bond motifs is 3. The van der Waals surface area contributed by atoms with Crippen LogP contribution in [0.4, 0.5) is 8.78 Å². The lowest BCUT2D eigenvalue weighted by atomic mass is 9.89. The zero-order valence-electron chi connectivity index (χ0n) is 20.0. The topological polar surface area (TPSA) is 48.1 Å². The first-order valence-corrected chi connectivity index (χ1v) is 15.1. The number of halogens is 2. The van der Waals surface area contributed by atoms with Crippen molar-refractivity contribution in [1.29, 1.82) is 0 Å². The fourth-order valence-corrected chi connectivity index (χ4v) is 4.81. The first-order chi connectivity index (χ1) is 15.0. The molecule has 0 radical (unpaired) electrons. The second kappa shape index (κ2) is 9.76. The molecule has 7 heteroatoms. The molecule has 2 atom stereocenters. The highest BCUT2D eigenvalue weighted by molar-refractivity contribution is 6.84. The molecule has 2 aromatic rings. The third-order valence-corrected chi connectivity index (χ3v) is 6.63. The predicted octanol–water partition coefficient (Wildman–Crippen LogP) is 5.51. The van der Waals surface area contributed by atoms with E-state index in [0.717, 1.165) is 36.7 Å². The van der Waals surface area contributed by atoms with Crippen molar-refractivity contribution in [1.82, 2.24) is 15.2 Å². The van der Waals surface area contributed by atoms with Crippen molar-refractivity contribution >= 4 is 24.9 Å². The molecule has 0 unspecified atom stereocenters. The second-order valence-corrected chi connectivity index (χ2v) is 15.0. The Morgan fingerprint density at radius 2 is 2.03 bits per heavy atom. The number of aromatic amines is 1. The number of amides is 1. The number of hydrogen-bond donors (Lipinski definition) is 2. The van der Waals surface area contributed by atoms with Gasteiger partial charge in [-0.1, -0.05) is 46.8 Å². The van der Waals surface area contributed by atoms with Crippen LogP contribution in [0.2, 0.25) is 19.6 Å². The van der Waals surface area contributed by atoms with E-state index in [1.165, 1.54) is 6.07 Å². The lowest BCUT2D eigenvalue weighted by molar-refractivity contribution is -0.132.